The van der Waals surface area contributed by atoms with Crippen molar-refractivity contribution in [2.45, 2.75) is 64.3 Å². The van der Waals surface area contributed by atoms with E-state index in [-0.39, 0.29) is 23.6 Å². The number of fused-ring (bicyclic) bond motifs is 1. The van der Waals surface area contributed by atoms with Crippen molar-refractivity contribution in [2.75, 3.05) is 5.32 Å². The number of carbonyl (C=O) groups is 1. The van der Waals surface area contributed by atoms with Crippen LogP contribution in [0.1, 0.15) is 54.5 Å². The number of rotatable bonds is 5. The zero-order chi connectivity index (χ0) is 22.2. The molecule has 2 N–H and O–H groups in total. The summed E-state index contributed by atoms with van der Waals surface area (Å²) < 4.78 is 42.1. The molecule has 1 aliphatic carbocycles. The quantitative estimate of drug-likeness (QED) is 0.636. The molecule has 1 saturated carbocycles. The van der Waals surface area contributed by atoms with Gasteiger partial charge in [0.15, 0.2) is 5.69 Å². The lowest BCUT2D eigenvalue weighted by Gasteiger charge is -2.30. The number of alkyl halides is 3. The Balaban J connectivity index is 1.37. The summed E-state index contributed by atoms with van der Waals surface area (Å²) >= 11 is 0. The summed E-state index contributed by atoms with van der Waals surface area (Å²) in [4.78, 5) is 16.3. The Morgan fingerprint density at radius 2 is 1.90 bits per heavy atom. The van der Waals surface area contributed by atoms with Crippen molar-refractivity contribution in [3.63, 3.8) is 0 Å². The summed E-state index contributed by atoms with van der Waals surface area (Å²) in [5, 5.41) is 10.7. The molecule has 0 spiro atoms. The molecule has 0 radical (unpaired) electrons. The van der Waals surface area contributed by atoms with E-state index >= 15 is 0 Å². The van der Waals surface area contributed by atoms with Crippen LogP contribution in [0.4, 0.5) is 19.0 Å². The SMILES string of the molecule is CCn1nc(C)cc1C(=O)NC1CCC(Nc2cccc3nc(C(F)(F)F)cn23)CC1. The molecule has 0 atom stereocenters. The van der Waals surface area contributed by atoms with E-state index in [4.69, 9.17) is 0 Å². The molecule has 1 amide bonds. The molecule has 31 heavy (non-hydrogen) atoms. The van der Waals surface area contributed by atoms with Gasteiger partial charge in [-0.2, -0.15) is 18.3 Å². The van der Waals surface area contributed by atoms with Gasteiger partial charge in [0, 0.05) is 24.8 Å². The number of anilines is 1. The van der Waals surface area contributed by atoms with Crippen LogP contribution in [0.2, 0.25) is 0 Å². The van der Waals surface area contributed by atoms with Gasteiger partial charge in [0.25, 0.3) is 5.91 Å². The van der Waals surface area contributed by atoms with E-state index in [0.717, 1.165) is 37.6 Å². The standard InChI is InChI=1S/C21H25F3N6O/c1-3-30-16(11-13(2)28-30)20(31)26-15-9-7-14(8-10-15)25-18-5-4-6-19-27-17(12-29(18)19)21(22,23)24/h4-6,11-12,14-15,25H,3,7-10H2,1-2H3,(H,26,31). The number of halogens is 3. The number of amides is 1. The molecule has 4 rings (SSSR count). The van der Waals surface area contributed by atoms with E-state index < -0.39 is 11.9 Å². The highest BCUT2D eigenvalue weighted by Crippen LogP contribution is 2.30. The van der Waals surface area contributed by atoms with E-state index in [2.05, 4.69) is 20.7 Å². The number of nitrogens with one attached hydrogen (secondary N) is 2. The molecule has 0 aliphatic heterocycles. The molecule has 3 heterocycles. The third-order valence-electron chi connectivity index (χ3n) is 5.63. The number of carbonyl (C=O) groups excluding carboxylic acids is 1. The lowest BCUT2D eigenvalue weighted by atomic mass is 9.91. The Kier molecular flexibility index (Phi) is 5.63. The smallest absolute Gasteiger partial charge is 0.368 e. The molecule has 1 fully saturated rings. The number of pyridine rings is 1. The summed E-state index contributed by atoms with van der Waals surface area (Å²) in [6.07, 6.45) is -0.289. The Bertz CT molecular complexity index is 1080. The first kappa shape index (κ1) is 21.2. The predicted octanol–water partition coefficient (Wildman–Crippen LogP) is 4.03. The van der Waals surface area contributed by atoms with Crippen LogP contribution in [0.5, 0.6) is 0 Å². The van der Waals surface area contributed by atoms with Crippen molar-refractivity contribution >= 4 is 17.4 Å². The van der Waals surface area contributed by atoms with Crippen molar-refractivity contribution < 1.29 is 18.0 Å². The Labute approximate surface area is 177 Å². The zero-order valence-corrected chi connectivity index (χ0v) is 17.4. The minimum absolute atomic E-state index is 0.0620. The summed E-state index contributed by atoms with van der Waals surface area (Å²) in [5.41, 5.74) is 0.714. The molecule has 0 bridgehead atoms. The second kappa shape index (κ2) is 8.24. The van der Waals surface area contributed by atoms with E-state index in [1.165, 1.54) is 4.40 Å². The summed E-state index contributed by atoms with van der Waals surface area (Å²) in [6, 6.07) is 6.94. The third kappa shape index (κ3) is 4.52. The fourth-order valence-electron chi connectivity index (χ4n) is 4.08. The largest absolute Gasteiger partial charge is 0.434 e. The fourth-order valence-corrected chi connectivity index (χ4v) is 4.08. The predicted molar refractivity (Wildman–Crippen MR) is 110 cm³/mol. The Morgan fingerprint density at radius 3 is 2.58 bits per heavy atom. The van der Waals surface area contributed by atoms with Crippen molar-refractivity contribution in [1.29, 1.82) is 0 Å². The number of hydrogen-bond acceptors (Lipinski definition) is 4. The van der Waals surface area contributed by atoms with Crippen molar-refractivity contribution in [1.82, 2.24) is 24.5 Å². The van der Waals surface area contributed by atoms with Gasteiger partial charge in [-0.15, -0.1) is 0 Å². The average Bonchev–Trinajstić information content (AvgIpc) is 3.33. The van der Waals surface area contributed by atoms with E-state index in [0.29, 0.717) is 18.1 Å². The molecule has 1 aliphatic rings. The number of aromatic nitrogens is 4. The second-order valence-corrected chi connectivity index (χ2v) is 7.92. The normalized spacial score (nSPS) is 19.5. The van der Waals surface area contributed by atoms with Crippen molar-refractivity contribution in [3.05, 3.63) is 47.5 Å². The maximum atomic E-state index is 13.0. The van der Waals surface area contributed by atoms with Gasteiger partial charge in [-0.3, -0.25) is 13.9 Å². The average molecular weight is 434 g/mol. The van der Waals surface area contributed by atoms with E-state index in [1.54, 1.807) is 28.9 Å². The van der Waals surface area contributed by atoms with Crippen LogP contribution in [-0.4, -0.2) is 37.2 Å². The second-order valence-electron chi connectivity index (χ2n) is 7.92. The van der Waals surface area contributed by atoms with Gasteiger partial charge in [0.2, 0.25) is 0 Å². The monoisotopic (exact) mass is 434 g/mol. The van der Waals surface area contributed by atoms with E-state index in [9.17, 15) is 18.0 Å². The van der Waals surface area contributed by atoms with Crippen molar-refractivity contribution in [2.24, 2.45) is 0 Å². The topological polar surface area (TPSA) is 76.2 Å². The maximum Gasteiger partial charge on any atom is 0.434 e. The highest BCUT2D eigenvalue weighted by Gasteiger charge is 2.34. The van der Waals surface area contributed by atoms with Gasteiger partial charge >= 0.3 is 6.18 Å². The third-order valence-corrected chi connectivity index (χ3v) is 5.63. The molecule has 0 saturated heterocycles. The summed E-state index contributed by atoms with van der Waals surface area (Å²) in [7, 11) is 0. The Morgan fingerprint density at radius 1 is 1.19 bits per heavy atom. The van der Waals surface area contributed by atoms with Gasteiger partial charge in [-0.1, -0.05) is 6.07 Å². The first-order chi connectivity index (χ1) is 14.7. The van der Waals surface area contributed by atoms with Crippen LogP contribution >= 0.6 is 0 Å². The number of nitrogens with zero attached hydrogens (tertiary/aromatic N) is 4. The summed E-state index contributed by atoms with van der Waals surface area (Å²) in [6.45, 7) is 4.43. The van der Waals surface area contributed by atoms with E-state index in [1.807, 2.05) is 13.8 Å². The van der Waals surface area contributed by atoms with Gasteiger partial charge in [0.05, 0.1) is 5.69 Å². The first-order valence-corrected chi connectivity index (χ1v) is 10.4. The van der Waals surface area contributed by atoms with Crippen molar-refractivity contribution in [3.8, 4) is 0 Å². The van der Waals surface area contributed by atoms with Crippen LogP contribution < -0.4 is 10.6 Å². The fraction of sp³-hybridized carbons (Fsp3) is 0.476. The highest BCUT2D eigenvalue weighted by molar-refractivity contribution is 5.92. The lowest BCUT2D eigenvalue weighted by molar-refractivity contribution is -0.140. The lowest BCUT2D eigenvalue weighted by Crippen LogP contribution is -2.41. The number of aryl methyl sites for hydroxylation is 2. The number of imidazole rings is 1. The molecule has 0 aromatic carbocycles. The van der Waals surface area contributed by atoms with Crippen LogP contribution in [0.25, 0.3) is 5.65 Å². The zero-order valence-electron chi connectivity index (χ0n) is 17.4. The van der Waals surface area contributed by atoms with Crippen LogP contribution in [0.15, 0.2) is 30.5 Å². The van der Waals surface area contributed by atoms with Crippen LogP contribution in [0.3, 0.4) is 0 Å². The van der Waals surface area contributed by atoms with Gasteiger partial charge in [-0.05, 0) is 57.7 Å². The maximum absolute atomic E-state index is 13.0. The van der Waals surface area contributed by atoms with Crippen LogP contribution in [-0.2, 0) is 12.7 Å². The molecule has 166 valence electrons. The minimum Gasteiger partial charge on any atom is -0.368 e. The molecule has 3 aromatic rings. The Hall–Kier alpha value is -3.04. The molecule has 10 heteroatoms. The minimum atomic E-state index is -4.48. The van der Waals surface area contributed by atoms with Crippen LogP contribution in [0, 0.1) is 6.92 Å². The molecule has 0 unspecified atom stereocenters. The molecule has 7 nitrogen and oxygen atoms in total. The van der Waals surface area contributed by atoms with Gasteiger partial charge in [-0.25, -0.2) is 4.98 Å². The van der Waals surface area contributed by atoms with Gasteiger partial charge in [0.1, 0.15) is 17.2 Å². The molecular formula is C21H25F3N6O. The van der Waals surface area contributed by atoms with Gasteiger partial charge < -0.3 is 10.6 Å². The highest BCUT2D eigenvalue weighted by atomic mass is 19.4. The summed E-state index contributed by atoms with van der Waals surface area (Å²) in [5.74, 6) is 0.456. The number of hydrogen-bond donors (Lipinski definition) is 2. The molecule has 3 aromatic heterocycles. The molecular weight excluding hydrogens is 409 g/mol. The first-order valence-electron chi connectivity index (χ1n) is 10.4.